The maximum atomic E-state index is 13.6. The maximum absolute atomic E-state index is 13.6. The van der Waals surface area contributed by atoms with E-state index in [9.17, 15) is 9.59 Å². The summed E-state index contributed by atoms with van der Waals surface area (Å²) in [5.41, 5.74) is 5.05. The number of carbonyl (C=O) groups is 2. The molecule has 2 aromatic heterocycles. The summed E-state index contributed by atoms with van der Waals surface area (Å²) < 4.78 is 0. The van der Waals surface area contributed by atoms with Crippen LogP contribution in [0.25, 0.3) is 22.0 Å². The van der Waals surface area contributed by atoms with E-state index in [1.54, 1.807) is 16.5 Å². The van der Waals surface area contributed by atoms with Gasteiger partial charge in [0.15, 0.2) is 5.13 Å². The summed E-state index contributed by atoms with van der Waals surface area (Å²) in [7, 11) is 0. The molecule has 5 aromatic rings. The molecule has 6 rings (SSSR count). The first-order chi connectivity index (χ1) is 17.2. The van der Waals surface area contributed by atoms with Crippen molar-refractivity contribution in [2.75, 3.05) is 5.32 Å². The Morgan fingerprint density at radius 1 is 0.943 bits per heavy atom. The van der Waals surface area contributed by atoms with Crippen molar-refractivity contribution in [1.29, 1.82) is 0 Å². The highest BCUT2D eigenvalue weighted by molar-refractivity contribution is 7.13. The molecule has 35 heavy (non-hydrogen) atoms. The Labute approximate surface area is 205 Å². The number of thiazole rings is 1. The van der Waals surface area contributed by atoms with E-state index in [2.05, 4.69) is 21.4 Å². The van der Waals surface area contributed by atoms with E-state index in [0.717, 1.165) is 33.2 Å². The largest absolute Gasteiger partial charge is 0.318 e. The molecule has 1 aliphatic rings. The molecule has 0 aliphatic carbocycles. The molecule has 3 aromatic carbocycles. The predicted molar refractivity (Wildman–Crippen MR) is 137 cm³/mol. The molecule has 1 unspecified atom stereocenters. The number of nitrogens with one attached hydrogen (secondary N) is 1. The van der Waals surface area contributed by atoms with Crippen molar-refractivity contribution in [3.63, 3.8) is 0 Å². The van der Waals surface area contributed by atoms with E-state index in [1.807, 2.05) is 79.0 Å². The van der Waals surface area contributed by atoms with Gasteiger partial charge in [-0.15, -0.1) is 11.3 Å². The summed E-state index contributed by atoms with van der Waals surface area (Å²) in [6.07, 6.45) is 3.47. The average Bonchev–Trinajstić information content (AvgIpc) is 3.52. The van der Waals surface area contributed by atoms with E-state index in [4.69, 9.17) is 0 Å². The zero-order valence-electron chi connectivity index (χ0n) is 18.6. The van der Waals surface area contributed by atoms with Crippen molar-refractivity contribution in [2.24, 2.45) is 0 Å². The maximum Gasteiger partial charge on any atom is 0.255 e. The summed E-state index contributed by atoms with van der Waals surface area (Å²) in [6, 6.07) is 24.5. The van der Waals surface area contributed by atoms with E-state index >= 15 is 0 Å². The molecule has 1 N–H and O–H groups in total. The molecule has 0 saturated carbocycles. The normalized spacial score (nSPS) is 13.6. The number of rotatable bonds is 5. The molecule has 1 atom stereocenters. The van der Waals surface area contributed by atoms with Gasteiger partial charge in [-0.1, -0.05) is 60.7 Å². The van der Waals surface area contributed by atoms with Gasteiger partial charge in [-0.3, -0.25) is 19.9 Å². The van der Waals surface area contributed by atoms with Gasteiger partial charge in [0.1, 0.15) is 6.04 Å². The fourth-order valence-electron chi connectivity index (χ4n) is 4.51. The van der Waals surface area contributed by atoms with Crippen LogP contribution < -0.4 is 5.32 Å². The van der Waals surface area contributed by atoms with Crippen LogP contribution in [0.5, 0.6) is 0 Å². The van der Waals surface area contributed by atoms with Gasteiger partial charge in [-0.2, -0.15) is 0 Å². The summed E-state index contributed by atoms with van der Waals surface area (Å²) in [5, 5.41) is 6.21. The van der Waals surface area contributed by atoms with Gasteiger partial charge in [-0.05, 0) is 34.9 Å². The van der Waals surface area contributed by atoms with Crippen LogP contribution in [0.2, 0.25) is 0 Å². The third-order valence-corrected chi connectivity index (χ3v) is 6.89. The summed E-state index contributed by atoms with van der Waals surface area (Å²) in [6.45, 7) is 0.356. The third-order valence-electron chi connectivity index (χ3n) is 6.20. The van der Waals surface area contributed by atoms with Gasteiger partial charge >= 0.3 is 0 Å². The zero-order chi connectivity index (χ0) is 23.8. The van der Waals surface area contributed by atoms with Crippen molar-refractivity contribution in [3.8, 4) is 11.1 Å². The molecule has 0 bridgehead atoms. The molecular weight excluding hydrogens is 456 g/mol. The van der Waals surface area contributed by atoms with E-state index in [0.29, 0.717) is 17.2 Å². The molecule has 170 valence electrons. The fourth-order valence-corrected chi connectivity index (χ4v) is 5.04. The highest BCUT2D eigenvalue weighted by Crippen LogP contribution is 2.35. The highest BCUT2D eigenvalue weighted by Gasteiger charge is 2.37. The average molecular weight is 477 g/mol. The van der Waals surface area contributed by atoms with Crippen molar-refractivity contribution >= 4 is 39.2 Å². The third kappa shape index (κ3) is 3.96. The summed E-state index contributed by atoms with van der Waals surface area (Å²) in [5.74, 6) is -0.454. The standard InChI is InChI=1S/C28H20N4O2S/c33-26(31-28-29-12-13-35-28)25(18-6-2-1-3-7-18)32-17-21-11-10-19(15-23(21)27(32)34)22-14-20-8-4-5-9-24(20)30-16-22/h1-16,25H,17H2,(H,29,31,33). The Bertz CT molecular complexity index is 1550. The molecule has 0 fully saturated rings. The van der Waals surface area contributed by atoms with Crippen LogP contribution in [0.3, 0.4) is 0 Å². The Morgan fingerprint density at radius 2 is 1.77 bits per heavy atom. The number of carbonyl (C=O) groups excluding carboxylic acids is 2. The number of hydrogen-bond acceptors (Lipinski definition) is 5. The fraction of sp³-hybridized carbons (Fsp3) is 0.0714. The number of para-hydroxylation sites is 1. The molecule has 6 nitrogen and oxygen atoms in total. The Hall–Kier alpha value is -4.36. The van der Waals surface area contributed by atoms with Crippen LogP contribution >= 0.6 is 11.3 Å². The van der Waals surface area contributed by atoms with Crippen molar-refractivity contribution in [3.05, 3.63) is 113 Å². The number of benzene rings is 3. The van der Waals surface area contributed by atoms with Crippen molar-refractivity contribution in [2.45, 2.75) is 12.6 Å². The van der Waals surface area contributed by atoms with Crippen LogP contribution in [0, 0.1) is 0 Å². The lowest BCUT2D eigenvalue weighted by Gasteiger charge is -2.27. The van der Waals surface area contributed by atoms with Gasteiger partial charge in [0.25, 0.3) is 11.8 Å². The minimum absolute atomic E-state index is 0.168. The van der Waals surface area contributed by atoms with Crippen LogP contribution in [-0.2, 0) is 11.3 Å². The molecule has 3 heterocycles. The monoisotopic (exact) mass is 476 g/mol. The topological polar surface area (TPSA) is 75.2 Å². The first kappa shape index (κ1) is 21.2. The number of aromatic nitrogens is 2. The minimum Gasteiger partial charge on any atom is -0.318 e. The second kappa shape index (κ2) is 8.77. The molecule has 0 radical (unpaired) electrons. The number of amides is 2. The van der Waals surface area contributed by atoms with E-state index in [1.165, 1.54) is 11.3 Å². The van der Waals surface area contributed by atoms with E-state index < -0.39 is 6.04 Å². The zero-order valence-corrected chi connectivity index (χ0v) is 19.4. The first-order valence-corrected chi connectivity index (χ1v) is 12.1. The van der Waals surface area contributed by atoms with Crippen LogP contribution in [-0.4, -0.2) is 26.7 Å². The van der Waals surface area contributed by atoms with Gasteiger partial charge in [0.05, 0.1) is 5.52 Å². The number of anilines is 1. The lowest BCUT2D eigenvalue weighted by Crippen LogP contribution is -2.37. The Balaban J connectivity index is 1.34. The number of nitrogens with zero attached hydrogens (tertiary/aromatic N) is 3. The summed E-state index contributed by atoms with van der Waals surface area (Å²) in [4.78, 5) is 37.3. The van der Waals surface area contributed by atoms with Gasteiger partial charge in [0.2, 0.25) is 0 Å². The second-order valence-corrected chi connectivity index (χ2v) is 9.26. The SMILES string of the molecule is O=C(Nc1nccs1)C(c1ccccc1)N1Cc2ccc(-c3cnc4ccccc4c3)cc2C1=O. The Kier molecular flexibility index (Phi) is 5.31. The lowest BCUT2D eigenvalue weighted by atomic mass is 10.0. The number of pyridine rings is 1. The van der Waals surface area contributed by atoms with Crippen molar-refractivity contribution < 1.29 is 9.59 Å². The van der Waals surface area contributed by atoms with Crippen LogP contribution in [0.4, 0.5) is 5.13 Å². The lowest BCUT2D eigenvalue weighted by molar-refractivity contribution is -0.120. The molecule has 0 spiro atoms. The Morgan fingerprint density at radius 3 is 2.60 bits per heavy atom. The number of fused-ring (bicyclic) bond motifs is 2. The second-order valence-electron chi connectivity index (χ2n) is 8.36. The van der Waals surface area contributed by atoms with Crippen molar-refractivity contribution in [1.82, 2.24) is 14.9 Å². The molecular formula is C28H20N4O2S. The van der Waals surface area contributed by atoms with Crippen LogP contribution in [0.15, 0.2) is 96.6 Å². The van der Waals surface area contributed by atoms with Gasteiger partial charge in [-0.25, -0.2) is 4.98 Å². The summed E-state index contributed by atoms with van der Waals surface area (Å²) >= 11 is 1.34. The first-order valence-electron chi connectivity index (χ1n) is 11.2. The van der Waals surface area contributed by atoms with E-state index in [-0.39, 0.29) is 11.8 Å². The van der Waals surface area contributed by atoms with Gasteiger partial charge in [0, 0.05) is 40.8 Å². The smallest absolute Gasteiger partial charge is 0.255 e. The molecule has 2 amide bonds. The quantitative estimate of drug-likeness (QED) is 0.353. The van der Waals surface area contributed by atoms with Crippen LogP contribution in [0.1, 0.15) is 27.5 Å². The minimum atomic E-state index is -0.772. The number of hydrogen-bond donors (Lipinski definition) is 1. The molecule has 0 saturated heterocycles. The predicted octanol–water partition coefficient (Wildman–Crippen LogP) is 5.69. The highest BCUT2D eigenvalue weighted by atomic mass is 32.1. The van der Waals surface area contributed by atoms with Gasteiger partial charge < -0.3 is 4.90 Å². The molecule has 7 heteroatoms. The molecule has 1 aliphatic heterocycles.